The zero-order valence-corrected chi connectivity index (χ0v) is 13.4. The Morgan fingerprint density at radius 2 is 1.95 bits per heavy atom. The van der Waals surface area contributed by atoms with Crippen LogP contribution in [0.2, 0.25) is 5.02 Å². The predicted octanol–water partition coefficient (Wildman–Crippen LogP) is 5.00. The molecule has 0 bridgehead atoms. The van der Waals surface area contributed by atoms with E-state index in [4.69, 9.17) is 11.6 Å². The fraction of sp³-hybridized carbons (Fsp3) is 0.235. The Balaban J connectivity index is 2.30. The van der Waals surface area contributed by atoms with Gasteiger partial charge < -0.3 is 10.2 Å². The maximum atomic E-state index is 6.46. The quantitative estimate of drug-likeness (QED) is 0.621. The van der Waals surface area contributed by atoms with Gasteiger partial charge in [-0.15, -0.1) is 0 Å². The fourth-order valence-corrected chi connectivity index (χ4v) is 2.06. The second kappa shape index (κ2) is 7.14. The zero-order chi connectivity index (χ0) is 15.2. The SMILES string of the molecule is CCN(C)C=Nc1cc(C)cc(Nc2ccccc2)c1Cl. The Bertz CT molecular complexity index is 623. The summed E-state index contributed by atoms with van der Waals surface area (Å²) in [5.41, 5.74) is 3.76. The molecule has 0 aromatic heterocycles. The Morgan fingerprint density at radius 1 is 1.24 bits per heavy atom. The minimum absolute atomic E-state index is 0.630. The molecule has 0 saturated heterocycles. The normalized spacial score (nSPS) is 10.9. The molecule has 2 rings (SSSR count). The van der Waals surface area contributed by atoms with E-state index in [0.29, 0.717) is 5.02 Å². The van der Waals surface area contributed by atoms with E-state index in [0.717, 1.165) is 29.2 Å². The van der Waals surface area contributed by atoms with Crippen molar-refractivity contribution in [2.24, 2.45) is 4.99 Å². The summed E-state index contributed by atoms with van der Waals surface area (Å²) in [7, 11) is 1.98. The van der Waals surface area contributed by atoms with Crippen LogP contribution in [0.15, 0.2) is 47.5 Å². The summed E-state index contributed by atoms with van der Waals surface area (Å²) in [5, 5.41) is 3.97. The Labute approximate surface area is 131 Å². The topological polar surface area (TPSA) is 27.6 Å². The lowest BCUT2D eigenvalue weighted by atomic mass is 10.2. The Morgan fingerprint density at radius 3 is 2.62 bits per heavy atom. The van der Waals surface area contributed by atoms with Crippen LogP contribution in [0.1, 0.15) is 12.5 Å². The van der Waals surface area contributed by atoms with E-state index in [9.17, 15) is 0 Å². The van der Waals surface area contributed by atoms with Gasteiger partial charge in [-0.2, -0.15) is 0 Å². The van der Waals surface area contributed by atoms with Crippen molar-refractivity contribution < 1.29 is 0 Å². The van der Waals surface area contributed by atoms with Gasteiger partial charge in [0, 0.05) is 19.3 Å². The summed E-state index contributed by atoms with van der Waals surface area (Å²) < 4.78 is 0. The summed E-state index contributed by atoms with van der Waals surface area (Å²) in [6, 6.07) is 14.0. The van der Waals surface area contributed by atoms with Crippen LogP contribution < -0.4 is 5.32 Å². The van der Waals surface area contributed by atoms with Gasteiger partial charge in [0.05, 0.1) is 22.7 Å². The molecule has 4 heteroatoms. The summed E-state index contributed by atoms with van der Waals surface area (Å²) in [5.74, 6) is 0. The first-order valence-electron chi connectivity index (χ1n) is 6.96. The molecule has 0 aliphatic carbocycles. The third-order valence-electron chi connectivity index (χ3n) is 3.14. The number of aliphatic imine (C=N–C) groups is 1. The minimum Gasteiger partial charge on any atom is -0.366 e. The number of hydrogen-bond acceptors (Lipinski definition) is 2. The van der Waals surface area contributed by atoms with Crippen molar-refractivity contribution >= 4 is 35.0 Å². The molecule has 3 nitrogen and oxygen atoms in total. The first-order chi connectivity index (χ1) is 10.1. The summed E-state index contributed by atoms with van der Waals surface area (Å²) in [6.07, 6.45) is 1.80. The number of halogens is 1. The van der Waals surface area contributed by atoms with E-state index >= 15 is 0 Å². The highest BCUT2D eigenvalue weighted by molar-refractivity contribution is 6.36. The van der Waals surface area contributed by atoms with Gasteiger partial charge in [-0.1, -0.05) is 29.8 Å². The molecule has 2 aromatic carbocycles. The molecule has 0 heterocycles. The molecule has 21 heavy (non-hydrogen) atoms. The number of anilines is 2. The lowest BCUT2D eigenvalue weighted by molar-refractivity contribution is 0.552. The third kappa shape index (κ3) is 4.23. The van der Waals surface area contributed by atoms with Crippen LogP contribution in [0.5, 0.6) is 0 Å². The molecule has 0 spiro atoms. The molecule has 110 valence electrons. The zero-order valence-electron chi connectivity index (χ0n) is 12.6. The first kappa shape index (κ1) is 15.4. The number of nitrogens with one attached hydrogen (secondary N) is 1. The van der Waals surface area contributed by atoms with Crippen molar-refractivity contribution in [3.05, 3.63) is 53.1 Å². The molecule has 0 aliphatic heterocycles. The van der Waals surface area contributed by atoms with Crippen molar-refractivity contribution in [3.63, 3.8) is 0 Å². The summed E-state index contributed by atoms with van der Waals surface area (Å²) in [6.45, 7) is 5.02. The highest BCUT2D eigenvalue weighted by atomic mass is 35.5. The average Bonchev–Trinajstić information content (AvgIpc) is 2.49. The summed E-state index contributed by atoms with van der Waals surface area (Å²) >= 11 is 6.46. The van der Waals surface area contributed by atoms with Crippen LogP contribution in [-0.4, -0.2) is 24.8 Å². The largest absolute Gasteiger partial charge is 0.366 e. The van der Waals surface area contributed by atoms with Crippen LogP contribution in [0.3, 0.4) is 0 Å². The lowest BCUT2D eigenvalue weighted by Crippen LogP contribution is -2.14. The van der Waals surface area contributed by atoms with Gasteiger partial charge in [0.15, 0.2) is 0 Å². The number of aryl methyl sites for hydroxylation is 1. The average molecular weight is 302 g/mol. The molecule has 0 amide bonds. The highest BCUT2D eigenvalue weighted by Gasteiger charge is 2.07. The van der Waals surface area contributed by atoms with Gasteiger partial charge in [-0.3, -0.25) is 0 Å². The number of nitrogens with zero attached hydrogens (tertiary/aromatic N) is 2. The van der Waals surface area contributed by atoms with Crippen molar-refractivity contribution in [1.29, 1.82) is 0 Å². The van der Waals surface area contributed by atoms with E-state index in [1.807, 2.05) is 61.3 Å². The molecule has 0 fully saturated rings. The van der Waals surface area contributed by atoms with Crippen LogP contribution in [0.25, 0.3) is 0 Å². The van der Waals surface area contributed by atoms with Crippen LogP contribution in [0, 0.1) is 6.92 Å². The van der Waals surface area contributed by atoms with Crippen molar-refractivity contribution in [3.8, 4) is 0 Å². The standard InChI is InChI=1S/C17H20ClN3/c1-4-21(3)12-19-15-10-13(2)11-16(17(15)18)20-14-8-6-5-7-9-14/h5-12,20H,4H2,1-3H3. The van der Waals surface area contributed by atoms with E-state index in [2.05, 4.69) is 17.2 Å². The molecule has 0 radical (unpaired) electrons. The Hall–Kier alpha value is -2.00. The molecule has 0 saturated carbocycles. The van der Waals surface area contributed by atoms with Crippen LogP contribution in [0.4, 0.5) is 17.1 Å². The fourth-order valence-electron chi connectivity index (χ4n) is 1.85. The second-order valence-electron chi connectivity index (χ2n) is 4.95. The molecular weight excluding hydrogens is 282 g/mol. The van der Waals surface area contributed by atoms with Gasteiger partial charge in [-0.05, 0) is 43.7 Å². The Kier molecular flexibility index (Phi) is 5.23. The van der Waals surface area contributed by atoms with Gasteiger partial charge in [0.25, 0.3) is 0 Å². The van der Waals surface area contributed by atoms with Crippen molar-refractivity contribution in [2.45, 2.75) is 13.8 Å². The number of hydrogen-bond donors (Lipinski definition) is 1. The van der Waals surface area contributed by atoms with Crippen molar-refractivity contribution in [1.82, 2.24) is 4.90 Å². The number of para-hydroxylation sites is 1. The second-order valence-corrected chi connectivity index (χ2v) is 5.33. The molecule has 1 N–H and O–H groups in total. The first-order valence-corrected chi connectivity index (χ1v) is 7.34. The molecular formula is C17H20ClN3. The van der Waals surface area contributed by atoms with E-state index in [1.165, 1.54) is 0 Å². The maximum absolute atomic E-state index is 6.46. The number of benzene rings is 2. The minimum atomic E-state index is 0.630. The monoisotopic (exact) mass is 301 g/mol. The van der Waals surface area contributed by atoms with E-state index in [1.54, 1.807) is 6.34 Å². The number of rotatable bonds is 5. The lowest BCUT2D eigenvalue weighted by Gasteiger charge is -2.13. The smallest absolute Gasteiger partial charge is 0.0910 e. The van der Waals surface area contributed by atoms with E-state index in [-0.39, 0.29) is 0 Å². The molecule has 0 aliphatic rings. The molecule has 0 unspecified atom stereocenters. The third-order valence-corrected chi connectivity index (χ3v) is 3.54. The van der Waals surface area contributed by atoms with Crippen molar-refractivity contribution in [2.75, 3.05) is 18.9 Å². The van der Waals surface area contributed by atoms with E-state index < -0.39 is 0 Å². The van der Waals surface area contributed by atoms with Gasteiger partial charge in [-0.25, -0.2) is 4.99 Å². The van der Waals surface area contributed by atoms with Gasteiger partial charge in [0.1, 0.15) is 0 Å². The maximum Gasteiger partial charge on any atom is 0.0910 e. The van der Waals surface area contributed by atoms with Gasteiger partial charge in [0.2, 0.25) is 0 Å². The molecule has 2 aromatic rings. The van der Waals surface area contributed by atoms with Gasteiger partial charge >= 0.3 is 0 Å². The van der Waals surface area contributed by atoms with Crippen LogP contribution in [-0.2, 0) is 0 Å². The predicted molar refractivity (Wildman–Crippen MR) is 92.4 cm³/mol. The molecule has 0 atom stereocenters. The van der Waals surface area contributed by atoms with Crippen LogP contribution >= 0.6 is 11.6 Å². The highest BCUT2D eigenvalue weighted by Crippen LogP contribution is 2.35. The summed E-state index contributed by atoms with van der Waals surface area (Å²) in [4.78, 5) is 6.47.